The molecule has 0 saturated heterocycles. The highest BCUT2D eigenvalue weighted by Crippen LogP contribution is 2.27. The Morgan fingerprint density at radius 1 is 1.29 bits per heavy atom. The number of H-pyrrole nitrogens is 1. The fourth-order valence-electron chi connectivity index (χ4n) is 1.08. The third kappa shape index (κ3) is 1.54. The molecule has 2 aromatic heterocycles. The summed E-state index contributed by atoms with van der Waals surface area (Å²) >= 11 is 11.5. The second-order valence-electron chi connectivity index (χ2n) is 2.70. The number of hydrogen-bond donors (Lipinski definition) is 2. The van der Waals surface area contributed by atoms with Crippen LogP contribution < -0.4 is 5.73 Å². The van der Waals surface area contributed by atoms with Crippen molar-refractivity contribution >= 4 is 28.9 Å². The summed E-state index contributed by atoms with van der Waals surface area (Å²) in [7, 11) is 0. The Labute approximate surface area is 90.1 Å². The average Bonchev–Trinajstić information content (AvgIpc) is 2.57. The van der Waals surface area contributed by atoms with Crippen molar-refractivity contribution in [1.82, 2.24) is 15.2 Å². The number of anilines is 1. The van der Waals surface area contributed by atoms with Crippen molar-refractivity contribution in [2.75, 3.05) is 5.73 Å². The van der Waals surface area contributed by atoms with E-state index in [2.05, 4.69) is 15.2 Å². The molecule has 0 saturated carbocycles. The van der Waals surface area contributed by atoms with Gasteiger partial charge in [-0.15, -0.1) is 0 Å². The van der Waals surface area contributed by atoms with E-state index < -0.39 is 0 Å². The third-order valence-electron chi connectivity index (χ3n) is 1.75. The highest BCUT2D eigenvalue weighted by molar-refractivity contribution is 6.41. The summed E-state index contributed by atoms with van der Waals surface area (Å²) in [4.78, 5) is 3.91. The number of nitrogen functional groups attached to an aromatic ring is 1. The number of rotatable bonds is 1. The molecule has 14 heavy (non-hydrogen) atoms. The molecule has 2 aromatic rings. The van der Waals surface area contributed by atoms with Gasteiger partial charge >= 0.3 is 0 Å². The van der Waals surface area contributed by atoms with E-state index in [1.165, 1.54) is 6.20 Å². The Kier molecular flexibility index (Phi) is 2.31. The molecule has 2 rings (SSSR count). The lowest BCUT2D eigenvalue weighted by molar-refractivity contribution is 1.09. The smallest absolute Gasteiger partial charge is 0.147 e. The lowest BCUT2D eigenvalue weighted by Gasteiger charge is -2.00. The van der Waals surface area contributed by atoms with Crippen LogP contribution in [0, 0.1) is 0 Å². The number of nitrogens with two attached hydrogens (primary N) is 1. The number of aromatic nitrogens is 3. The van der Waals surface area contributed by atoms with Crippen LogP contribution in [0.4, 0.5) is 5.69 Å². The van der Waals surface area contributed by atoms with E-state index in [1.807, 2.05) is 0 Å². The average molecular weight is 229 g/mol. The molecular formula is C8H6Cl2N4. The summed E-state index contributed by atoms with van der Waals surface area (Å²) in [5, 5.41) is 7.21. The topological polar surface area (TPSA) is 67.6 Å². The van der Waals surface area contributed by atoms with Crippen molar-refractivity contribution in [3.63, 3.8) is 0 Å². The Hall–Kier alpha value is -1.26. The van der Waals surface area contributed by atoms with Crippen LogP contribution in [0.25, 0.3) is 11.3 Å². The van der Waals surface area contributed by atoms with Gasteiger partial charge in [-0.05, 0) is 6.07 Å². The van der Waals surface area contributed by atoms with Crippen LogP contribution in [0.2, 0.25) is 10.2 Å². The van der Waals surface area contributed by atoms with Crippen molar-refractivity contribution in [3.8, 4) is 11.3 Å². The van der Waals surface area contributed by atoms with E-state index in [-0.39, 0.29) is 5.15 Å². The molecule has 0 bridgehead atoms. The number of nitrogens with one attached hydrogen (secondary N) is 1. The van der Waals surface area contributed by atoms with Gasteiger partial charge in [-0.25, -0.2) is 4.98 Å². The summed E-state index contributed by atoms with van der Waals surface area (Å²) in [5.41, 5.74) is 7.66. The first-order valence-electron chi connectivity index (χ1n) is 3.78. The van der Waals surface area contributed by atoms with Crippen LogP contribution >= 0.6 is 23.2 Å². The quantitative estimate of drug-likeness (QED) is 0.737. The summed E-state index contributed by atoms with van der Waals surface area (Å²) in [5.74, 6) is 0. The summed E-state index contributed by atoms with van der Waals surface area (Å²) < 4.78 is 0. The van der Waals surface area contributed by atoms with Gasteiger partial charge in [0.15, 0.2) is 0 Å². The largest absolute Gasteiger partial charge is 0.396 e. The molecule has 2 heterocycles. The summed E-state index contributed by atoms with van der Waals surface area (Å²) in [6.45, 7) is 0. The van der Waals surface area contributed by atoms with Gasteiger partial charge in [0.1, 0.15) is 5.15 Å². The minimum Gasteiger partial charge on any atom is -0.396 e. The Morgan fingerprint density at radius 2 is 2.07 bits per heavy atom. The zero-order valence-corrected chi connectivity index (χ0v) is 8.47. The van der Waals surface area contributed by atoms with E-state index in [0.717, 1.165) is 5.56 Å². The molecule has 0 aliphatic carbocycles. The predicted octanol–water partition coefficient (Wildman–Crippen LogP) is 2.36. The van der Waals surface area contributed by atoms with Gasteiger partial charge in [-0.1, -0.05) is 23.2 Å². The molecule has 0 fully saturated rings. The van der Waals surface area contributed by atoms with Crippen molar-refractivity contribution in [3.05, 3.63) is 28.6 Å². The van der Waals surface area contributed by atoms with Gasteiger partial charge < -0.3 is 5.73 Å². The first kappa shape index (κ1) is 9.30. The molecule has 0 aromatic carbocycles. The van der Waals surface area contributed by atoms with Crippen molar-refractivity contribution in [2.45, 2.75) is 0 Å². The van der Waals surface area contributed by atoms with Crippen LogP contribution in [0.5, 0.6) is 0 Å². The van der Waals surface area contributed by atoms with Gasteiger partial charge in [0.05, 0.1) is 22.6 Å². The molecule has 0 aliphatic rings. The normalized spacial score (nSPS) is 10.4. The van der Waals surface area contributed by atoms with E-state index in [4.69, 9.17) is 28.9 Å². The van der Waals surface area contributed by atoms with Crippen molar-refractivity contribution in [2.24, 2.45) is 0 Å². The van der Waals surface area contributed by atoms with Crippen LogP contribution in [-0.4, -0.2) is 15.2 Å². The van der Waals surface area contributed by atoms with Crippen molar-refractivity contribution < 1.29 is 0 Å². The maximum Gasteiger partial charge on any atom is 0.147 e. The van der Waals surface area contributed by atoms with Crippen LogP contribution in [-0.2, 0) is 0 Å². The molecule has 3 N–H and O–H groups in total. The number of nitrogens with zero attached hydrogens (tertiary/aromatic N) is 2. The standard InChI is InChI=1S/C8H6Cl2N4/c9-5-1-4(2-12-8(5)10)7-6(11)3-13-14-7/h1-3H,11H2,(H,13,14). The van der Waals surface area contributed by atoms with Crippen LogP contribution in [0.15, 0.2) is 18.5 Å². The number of hydrogen-bond acceptors (Lipinski definition) is 3. The maximum atomic E-state index is 5.81. The maximum absolute atomic E-state index is 5.81. The predicted molar refractivity (Wildman–Crippen MR) is 56.3 cm³/mol. The highest BCUT2D eigenvalue weighted by Gasteiger charge is 2.07. The van der Waals surface area contributed by atoms with E-state index in [9.17, 15) is 0 Å². The number of halogens is 2. The molecular weight excluding hydrogens is 223 g/mol. The Morgan fingerprint density at radius 3 is 2.64 bits per heavy atom. The molecule has 0 spiro atoms. The second kappa shape index (κ2) is 3.48. The van der Waals surface area contributed by atoms with Crippen LogP contribution in [0.3, 0.4) is 0 Å². The third-order valence-corrected chi connectivity index (χ3v) is 2.44. The zero-order valence-electron chi connectivity index (χ0n) is 6.96. The van der Waals surface area contributed by atoms with Crippen LogP contribution in [0.1, 0.15) is 0 Å². The SMILES string of the molecule is Nc1cn[nH]c1-c1cnc(Cl)c(Cl)c1. The Balaban J connectivity index is 2.53. The van der Waals surface area contributed by atoms with Gasteiger partial charge in [0.25, 0.3) is 0 Å². The first-order chi connectivity index (χ1) is 6.68. The van der Waals surface area contributed by atoms with Crippen molar-refractivity contribution in [1.29, 1.82) is 0 Å². The van der Waals surface area contributed by atoms with Gasteiger partial charge in [0, 0.05) is 11.8 Å². The molecule has 72 valence electrons. The molecule has 0 radical (unpaired) electrons. The monoisotopic (exact) mass is 228 g/mol. The van der Waals surface area contributed by atoms with E-state index in [1.54, 1.807) is 12.3 Å². The highest BCUT2D eigenvalue weighted by atomic mass is 35.5. The summed E-state index contributed by atoms with van der Waals surface area (Å²) in [6, 6.07) is 1.68. The fraction of sp³-hybridized carbons (Fsp3) is 0. The zero-order chi connectivity index (χ0) is 10.1. The van der Waals surface area contributed by atoms with Gasteiger partial charge in [-0.3, -0.25) is 5.10 Å². The second-order valence-corrected chi connectivity index (χ2v) is 3.46. The fourth-order valence-corrected chi connectivity index (χ4v) is 1.35. The van der Waals surface area contributed by atoms with Gasteiger partial charge in [0.2, 0.25) is 0 Å². The minimum atomic E-state index is 0.272. The van der Waals surface area contributed by atoms with Gasteiger partial charge in [-0.2, -0.15) is 5.10 Å². The summed E-state index contributed by atoms with van der Waals surface area (Å²) in [6.07, 6.45) is 3.11. The van der Waals surface area contributed by atoms with E-state index >= 15 is 0 Å². The number of aromatic amines is 1. The lowest BCUT2D eigenvalue weighted by atomic mass is 10.2. The molecule has 0 amide bonds. The lowest BCUT2D eigenvalue weighted by Crippen LogP contribution is -1.88. The van der Waals surface area contributed by atoms with E-state index in [0.29, 0.717) is 16.4 Å². The molecule has 6 heteroatoms. The number of pyridine rings is 1. The first-order valence-corrected chi connectivity index (χ1v) is 4.54. The molecule has 0 atom stereocenters. The molecule has 4 nitrogen and oxygen atoms in total. The molecule has 0 unspecified atom stereocenters. The Bertz CT molecular complexity index is 466. The molecule has 0 aliphatic heterocycles. The minimum absolute atomic E-state index is 0.272.